The van der Waals surface area contributed by atoms with E-state index in [0.29, 0.717) is 30.0 Å². The minimum absolute atomic E-state index is 0.0151. The molecule has 1 aromatic rings. The van der Waals surface area contributed by atoms with Gasteiger partial charge in [0.2, 0.25) is 0 Å². The number of rotatable bonds is 2. The van der Waals surface area contributed by atoms with Crippen molar-refractivity contribution < 1.29 is 29.6 Å². The lowest BCUT2D eigenvalue weighted by molar-refractivity contribution is -0.132. The molecule has 0 amide bonds. The number of aromatic hydroxyl groups is 3. The van der Waals surface area contributed by atoms with Crippen LogP contribution in [0.2, 0.25) is 0 Å². The molecule has 0 spiro atoms. The Morgan fingerprint density at radius 2 is 1.66 bits per heavy atom. The Kier molecular flexibility index (Phi) is 4.84. The van der Waals surface area contributed by atoms with E-state index in [-0.39, 0.29) is 22.5 Å². The molecule has 172 valence electrons. The van der Waals surface area contributed by atoms with Gasteiger partial charge in [0.05, 0.1) is 5.56 Å². The van der Waals surface area contributed by atoms with Crippen LogP contribution < -0.4 is 0 Å². The highest BCUT2D eigenvalue weighted by atomic mass is 16.5. The lowest BCUT2D eigenvalue weighted by Crippen LogP contribution is -2.50. The number of benzene rings is 1. The van der Waals surface area contributed by atoms with Crippen LogP contribution in [0.3, 0.4) is 0 Å². The Hall–Kier alpha value is -2.50. The van der Waals surface area contributed by atoms with Crippen LogP contribution >= 0.6 is 0 Å². The summed E-state index contributed by atoms with van der Waals surface area (Å²) >= 11 is 0. The van der Waals surface area contributed by atoms with Gasteiger partial charge in [-0.25, -0.2) is 4.79 Å². The van der Waals surface area contributed by atoms with E-state index in [1.807, 2.05) is 0 Å². The molecule has 6 nitrogen and oxygen atoms in total. The van der Waals surface area contributed by atoms with Crippen molar-refractivity contribution in [1.82, 2.24) is 0 Å². The first-order chi connectivity index (χ1) is 15.1. The van der Waals surface area contributed by atoms with Gasteiger partial charge in [-0.1, -0.05) is 25.5 Å². The highest BCUT2D eigenvalue weighted by molar-refractivity contribution is 5.91. The summed E-state index contributed by atoms with van der Waals surface area (Å²) in [5.41, 5.74) is 1.35. The number of phenolic OH excluding ortho intramolecular Hbond substituents is 3. The molecule has 0 bridgehead atoms. The fraction of sp³-hybridized carbons (Fsp3) is 0.615. The Labute approximate surface area is 188 Å². The number of carbonyl (C=O) groups is 2. The lowest BCUT2D eigenvalue weighted by Gasteiger charge is -2.56. The molecule has 4 aliphatic rings. The number of esters is 1. The number of ether oxygens (including phenoxy) is 1. The molecular weight excluding hydrogens is 408 g/mol. The van der Waals surface area contributed by atoms with Crippen molar-refractivity contribution in [3.8, 4) is 17.2 Å². The van der Waals surface area contributed by atoms with Crippen molar-refractivity contribution in [3.63, 3.8) is 0 Å². The molecule has 0 aromatic heterocycles. The molecule has 3 saturated carbocycles. The van der Waals surface area contributed by atoms with Crippen molar-refractivity contribution >= 4 is 11.8 Å². The average molecular weight is 441 g/mol. The molecule has 3 N–H and O–H groups in total. The van der Waals surface area contributed by atoms with Crippen LogP contribution in [0.1, 0.15) is 75.6 Å². The summed E-state index contributed by atoms with van der Waals surface area (Å²) in [6.07, 6.45) is 9.36. The van der Waals surface area contributed by atoms with Gasteiger partial charge in [0, 0.05) is 18.3 Å². The van der Waals surface area contributed by atoms with Gasteiger partial charge >= 0.3 is 5.97 Å². The third-order valence-corrected chi connectivity index (χ3v) is 9.35. The quantitative estimate of drug-likeness (QED) is 0.345. The van der Waals surface area contributed by atoms with Gasteiger partial charge < -0.3 is 20.1 Å². The lowest BCUT2D eigenvalue weighted by atomic mass is 9.48. The van der Waals surface area contributed by atoms with Crippen LogP contribution in [0.4, 0.5) is 0 Å². The summed E-state index contributed by atoms with van der Waals surface area (Å²) in [5, 5.41) is 28.9. The summed E-state index contributed by atoms with van der Waals surface area (Å²) in [7, 11) is 0. The monoisotopic (exact) mass is 440 g/mol. The topological polar surface area (TPSA) is 104 Å². The fourth-order valence-electron chi connectivity index (χ4n) is 7.44. The smallest absolute Gasteiger partial charge is 0.338 e. The molecular formula is C26H32O6. The van der Waals surface area contributed by atoms with Crippen LogP contribution in [0, 0.1) is 28.6 Å². The van der Waals surface area contributed by atoms with Crippen molar-refractivity contribution in [3.05, 3.63) is 29.3 Å². The minimum atomic E-state index is -0.649. The third-order valence-electron chi connectivity index (χ3n) is 9.35. The molecule has 0 aliphatic heterocycles. The van der Waals surface area contributed by atoms with Crippen molar-refractivity contribution in [2.45, 2.75) is 71.3 Å². The highest BCUT2D eigenvalue weighted by Gasteiger charge is 2.58. The summed E-state index contributed by atoms with van der Waals surface area (Å²) in [5.74, 6) is -0.268. The van der Waals surface area contributed by atoms with Crippen LogP contribution in [-0.2, 0) is 9.53 Å². The Balaban J connectivity index is 1.32. The molecule has 0 saturated heterocycles. The summed E-state index contributed by atoms with van der Waals surface area (Å²) in [6, 6.07) is 2.22. The second-order valence-corrected chi connectivity index (χ2v) is 10.8. The predicted molar refractivity (Wildman–Crippen MR) is 117 cm³/mol. The highest BCUT2D eigenvalue weighted by Crippen LogP contribution is 2.64. The average Bonchev–Trinajstić information content (AvgIpc) is 3.06. The number of carbonyl (C=O) groups excluding carboxylic acids is 2. The number of phenols is 3. The molecule has 32 heavy (non-hydrogen) atoms. The van der Waals surface area contributed by atoms with Crippen LogP contribution in [-0.4, -0.2) is 33.2 Å². The van der Waals surface area contributed by atoms with Crippen molar-refractivity contribution in [1.29, 1.82) is 0 Å². The maximum atomic E-state index is 12.6. The van der Waals surface area contributed by atoms with Gasteiger partial charge in [-0.3, -0.25) is 4.79 Å². The van der Waals surface area contributed by atoms with Gasteiger partial charge in [0.15, 0.2) is 17.2 Å². The maximum absolute atomic E-state index is 12.6. The van der Waals surface area contributed by atoms with E-state index < -0.39 is 23.2 Å². The van der Waals surface area contributed by atoms with Crippen molar-refractivity contribution in [2.24, 2.45) is 28.6 Å². The number of allylic oxidation sites excluding steroid dienone is 1. The molecule has 6 atom stereocenters. The number of fused-ring (bicyclic) bond motifs is 5. The van der Waals surface area contributed by atoms with Crippen LogP contribution in [0.5, 0.6) is 17.2 Å². The van der Waals surface area contributed by atoms with E-state index in [4.69, 9.17) is 4.74 Å². The van der Waals surface area contributed by atoms with Gasteiger partial charge in [-0.15, -0.1) is 0 Å². The van der Waals surface area contributed by atoms with Gasteiger partial charge in [-0.2, -0.15) is 0 Å². The van der Waals surface area contributed by atoms with Gasteiger partial charge in [-0.05, 0) is 73.8 Å². The fourth-order valence-corrected chi connectivity index (χ4v) is 7.44. The van der Waals surface area contributed by atoms with E-state index in [1.165, 1.54) is 5.57 Å². The number of ketones is 1. The first kappa shape index (κ1) is 21.4. The summed E-state index contributed by atoms with van der Waals surface area (Å²) in [4.78, 5) is 25.2. The third kappa shape index (κ3) is 3.06. The van der Waals surface area contributed by atoms with Gasteiger partial charge in [0.1, 0.15) is 11.9 Å². The molecule has 6 heteroatoms. The van der Waals surface area contributed by atoms with E-state index in [9.17, 15) is 24.9 Å². The molecule has 5 rings (SSSR count). The Morgan fingerprint density at radius 3 is 2.38 bits per heavy atom. The van der Waals surface area contributed by atoms with Gasteiger partial charge in [0.25, 0.3) is 0 Å². The normalized spacial score (nSPS) is 38.3. The summed E-state index contributed by atoms with van der Waals surface area (Å²) in [6.45, 7) is 4.56. The zero-order chi connectivity index (χ0) is 22.8. The standard InChI is InChI=1S/C26H32O6/c1-25-9-7-16(32-24(31)14-11-20(27)23(30)21(28)12-14)13-15(25)3-4-17-18-5-6-22(29)26(18,2)10-8-19(17)25/h3,11-12,16-19,27-28,30H,4-10,13H2,1-2H3/t16-,17-,18-,19-,25-,26-/m0/s1. The second kappa shape index (κ2) is 7.26. The van der Waals surface area contributed by atoms with E-state index in [2.05, 4.69) is 19.9 Å². The zero-order valence-corrected chi connectivity index (χ0v) is 18.8. The molecule has 0 radical (unpaired) electrons. The number of Topliss-reactive ketones (excluding diaryl/α,β-unsaturated/α-hetero) is 1. The number of hydrogen-bond acceptors (Lipinski definition) is 6. The van der Waals surface area contributed by atoms with E-state index in [0.717, 1.165) is 57.1 Å². The maximum Gasteiger partial charge on any atom is 0.338 e. The summed E-state index contributed by atoms with van der Waals surface area (Å²) < 4.78 is 5.73. The van der Waals surface area contributed by atoms with Crippen LogP contribution in [0.25, 0.3) is 0 Å². The first-order valence-corrected chi connectivity index (χ1v) is 11.8. The molecule has 0 unspecified atom stereocenters. The molecule has 3 fully saturated rings. The first-order valence-electron chi connectivity index (χ1n) is 11.8. The van der Waals surface area contributed by atoms with Crippen LogP contribution in [0.15, 0.2) is 23.8 Å². The van der Waals surface area contributed by atoms with E-state index in [1.54, 1.807) is 0 Å². The SMILES string of the molecule is C[C@]12CC[C@H](OC(=O)c3cc(O)c(O)c(O)c3)CC1=CC[C@@H]1[C@@H]2CC[C@]2(C)C(=O)CC[C@@H]12. The Morgan fingerprint density at radius 1 is 1.00 bits per heavy atom. The predicted octanol–water partition coefficient (Wildman–Crippen LogP) is 4.86. The minimum Gasteiger partial charge on any atom is -0.504 e. The molecule has 4 aliphatic carbocycles. The molecule has 0 heterocycles. The number of hydrogen-bond donors (Lipinski definition) is 3. The largest absolute Gasteiger partial charge is 0.504 e. The van der Waals surface area contributed by atoms with Crippen molar-refractivity contribution in [2.75, 3.05) is 0 Å². The Bertz CT molecular complexity index is 989. The van der Waals surface area contributed by atoms with E-state index >= 15 is 0 Å². The zero-order valence-electron chi connectivity index (χ0n) is 18.8. The molecule has 1 aromatic carbocycles. The second-order valence-electron chi connectivity index (χ2n) is 10.8.